The predicted molar refractivity (Wildman–Crippen MR) is 91.3 cm³/mol. The first kappa shape index (κ1) is 17.2. The summed E-state index contributed by atoms with van der Waals surface area (Å²) >= 11 is 11.6. The summed E-state index contributed by atoms with van der Waals surface area (Å²) < 4.78 is 0. The second-order valence-electron chi connectivity index (χ2n) is 4.80. The van der Waals surface area contributed by atoms with E-state index in [4.69, 9.17) is 34.7 Å². The number of halogens is 2. The van der Waals surface area contributed by atoms with E-state index in [1.54, 1.807) is 36.4 Å². The lowest BCUT2D eigenvalue weighted by Crippen LogP contribution is -2.66. The number of nitrogens with two attached hydrogens (primary N) is 2. The molecule has 23 heavy (non-hydrogen) atoms. The SMILES string of the molecule is NC(N)(C(=O)Nc1cccc(Cl)c1)C(=O)Nc1cccc(Cl)c1. The highest BCUT2D eigenvalue weighted by atomic mass is 35.5. The second kappa shape index (κ2) is 6.97. The van der Waals surface area contributed by atoms with Crippen LogP contribution in [0, 0.1) is 0 Å². The Morgan fingerprint density at radius 1 is 0.826 bits per heavy atom. The zero-order valence-electron chi connectivity index (χ0n) is 11.8. The van der Waals surface area contributed by atoms with Crippen LogP contribution in [0.2, 0.25) is 10.0 Å². The number of anilines is 2. The topological polar surface area (TPSA) is 110 Å². The molecule has 0 radical (unpaired) electrons. The molecule has 0 atom stereocenters. The molecule has 0 aliphatic rings. The Bertz CT molecular complexity index is 688. The van der Waals surface area contributed by atoms with Crippen LogP contribution < -0.4 is 22.1 Å². The fourth-order valence-corrected chi connectivity index (χ4v) is 2.09. The van der Waals surface area contributed by atoms with E-state index < -0.39 is 17.5 Å². The number of benzene rings is 2. The van der Waals surface area contributed by atoms with Crippen molar-refractivity contribution in [3.8, 4) is 0 Å². The average Bonchev–Trinajstić information content (AvgIpc) is 2.47. The molecule has 2 amide bonds. The second-order valence-corrected chi connectivity index (χ2v) is 5.67. The quantitative estimate of drug-likeness (QED) is 0.499. The lowest BCUT2D eigenvalue weighted by atomic mass is 10.1. The smallest absolute Gasteiger partial charge is 0.269 e. The number of rotatable bonds is 4. The Kier molecular flexibility index (Phi) is 5.23. The van der Waals surface area contributed by atoms with Crippen molar-refractivity contribution in [2.45, 2.75) is 5.66 Å². The van der Waals surface area contributed by atoms with Crippen LogP contribution in [0.3, 0.4) is 0 Å². The van der Waals surface area contributed by atoms with Gasteiger partial charge in [-0.2, -0.15) is 0 Å². The zero-order chi connectivity index (χ0) is 17.0. The molecule has 0 saturated carbocycles. The molecule has 2 rings (SSSR count). The van der Waals surface area contributed by atoms with Crippen LogP contribution in [-0.2, 0) is 9.59 Å². The fourth-order valence-electron chi connectivity index (χ4n) is 1.70. The maximum Gasteiger partial charge on any atom is 0.269 e. The van der Waals surface area contributed by atoms with Crippen molar-refractivity contribution in [1.29, 1.82) is 0 Å². The van der Waals surface area contributed by atoms with Gasteiger partial charge in [0.1, 0.15) is 0 Å². The van der Waals surface area contributed by atoms with E-state index in [1.165, 1.54) is 12.1 Å². The van der Waals surface area contributed by atoms with E-state index in [1.807, 2.05) is 0 Å². The summed E-state index contributed by atoms with van der Waals surface area (Å²) in [6, 6.07) is 12.7. The van der Waals surface area contributed by atoms with Crippen molar-refractivity contribution >= 4 is 46.4 Å². The Balaban J connectivity index is 2.09. The third kappa shape index (κ3) is 4.43. The summed E-state index contributed by atoms with van der Waals surface area (Å²) in [4.78, 5) is 24.3. The molecular weight excluding hydrogens is 339 g/mol. The molecule has 120 valence electrons. The normalized spacial score (nSPS) is 11.0. The van der Waals surface area contributed by atoms with Gasteiger partial charge in [-0.15, -0.1) is 0 Å². The van der Waals surface area contributed by atoms with Gasteiger partial charge >= 0.3 is 0 Å². The van der Waals surface area contributed by atoms with E-state index >= 15 is 0 Å². The van der Waals surface area contributed by atoms with Gasteiger partial charge in [-0.3, -0.25) is 21.1 Å². The minimum Gasteiger partial charge on any atom is -0.323 e. The van der Waals surface area contributed by atoms with Gasteiger partial charge in [0.2, 0.25) is 5.66 Å². The van der Waals surface area contributed by atoms with Crippen molar-refractivity contribution in [2.75, 3.05) is 10.6 Å². The van der Waals surface area contributed by atoms with Gasteiger partial charge in [0.05, 0.1) is 0 Å². The van der Waals surface area contributed by atoms with Gasteiger partial charge < -0.3 is 10.6 Å². The molecule has 0 unspecified atom stereocenters. The number of amides is 2. The highest BCUT2D eigenvalue weighted by Gasteiger charge is 2.38. The van der Waals surface area contributed by atoms with Crippen LogP contribution in [0.15, 0.2) is 48.5 Å². The largest absolute Gasteiger partial charge is 0.323 e. The molecule has 0 aliphatic heterocycles. The summed E-state index contributed by atoms with van der Waals surface area (Å²) in [5.74, 6) is -1.75. The lowest BCUT2D eigenvalue weighted by molar-refractivity contribution is -0.131. The third-order valence-electron chi connectivity index (χ3n) is 2.92. The van der Waals surface area contributed by atoms with E-state index in [2.05, 4.69) is 10.6 Å². The molecule has 0 bridgehead atoms. The highest BCUT2D eigenvalue weighted by molar-refractivity contribution is 6.31. The van der Waals surface area contributed by atoms with Gasteiger partial charge in [0.15, 0.2) is 0 Å². The number of hydrogen-bond donors (Lipinski definition) is 4. The fraction of sp³-hybridized carbons (Fsp3) is 0.0667. The van der Waals surface area contributed by atoms with Crippen molar-refractivity contribution in [3.05, 3.63) is 58.6 Å². The van der Waals surface area contributed by atoms with E-state index in [0.717, 1.165) is 0 Å². The molecule has 0 aromatic heterocycles. The molecule has 0 aliphatic carbocycles. The highest BCUT2D eigenvalue weighted by Crippen LogP contribution is 2.17. The standard InChI is InChI=1S/C15H14Cl2N4O2/c16-9-3-1-5-11(7-9)20-13(22)15(18,19)14(23)21-12-6-2-4-10(17)8-12/h1-8H,18-19H2,(H,20,22)(H,21,23). The minimum atomic E-state index is -2.27. The molecule has 6 N–H and O–H groups in total. The van der Waals surface area contributed by atoms with Crippen LogP contribution in [0.5, 0.6) is 0 Å². The maximum absolute atomic E-state index is 12.2. The number of carbonyl (C=O) groups excluding carboxylic acids is 2. The first-order valence-electron chi connectivity index (χ1n) is 6.51. The number of hydrogen-bond acceptors (Lipinski definition) is 4. The van der Waals surface area contributed by atoms with Crippen LogP contribution in [0.25, 0.3) is 0 Å². The van der Waals surface area contributed by atoms with Crippen LogP contribution in [-0.4, -0.2) is 17.5 Å². The Labute approximate surface area is 142 Å². The van der Waals surface area contributed by atoms with Crippen LogP contribution in [0.4, 0.5) is 11.4 Å². The summed E-state index contributed by atoms with van der Waals surface area (Å²) in [7, 11) is 0. The summed E-state index contributed by atoms with van der Waals surface area (Å²) in [6.45, 7) is 0. The van der Waals surface area contributed by atoms with E-state index in [0.29, 0.717) is 21.4 Å². The summed E-state index contributed by atoms with van der Waals surface area (Å²) in [6.07, 6.45) is 0. The first-order valence-corrected chi connectivity index (χ1v) is 7.26. The molecule has 2 aromatic carbocycles. The molecule has 6 nitrogen and oxygen atoms in total. The van der Waals surface area contributed by atoms with Crippen molar-refractivity contribution in [2.24, 2.45) is 11.5 Å². The monoisotopic (exact) mass is 352 g/mol. The van der Waals surface area contributed by atoms with Crippen LogP contribution >= 0.6 is 23.2 Å². The number of carbonyl (C=O) groups is 2. The number of nitrogens with one attached hydrogen (secondary N) is 2. The van der Waals surface area contributed by atoms with Gasteiger partial charge in [-0.1, -0.05) is 35.3 Å². The van der Waals surface area contributed by atoms with Crippen molar-refractivity contribution < 1.29 is 9.59 Å². The zero-order valence-corrected chi connectivity index (χ0v) is 13.4. The molecule has 0 heterocycles. The molecular formula is C15H14Cl2N4O2. The predicted octanol–water partition coefficient (Wildman–Crippen LogP) is 2.18. The van der Waals surface area contributed by atoms with E-state index in [9.17, 15) is 9.59 Å². The van der Waals surface area contributed by atoms with Crippen LogP contribution in [0.1, 0.15) is 0 Å². The lowest BCUT2D eigenvalue weighted by Gasteiger charge is -2.22. The van der Waals surface area contributed by atoms with Crippen molar-refractivity contribution in [1.82, 2.24) is 0 Å². The first-order chi connectivity index (χ1) is 10.8. The van der Waals surface area contributed by atoms with Gasteiger partial charge in [0.25, 0.3) is 11.8 Å². The van der Waals surface area contributed by atoms with E-state index in [-0.39, 0.29) is 0 Å². The van der Waals surface area contributed by atoms with Gasteiger partial charge in [0, 0.05) is 21.4 Å². The van der Waals surface area contributed by atoms with Crippen molar-refractivity contribution in [3.63, 3.8) is 0 Å². The molecule has 0 saturated heterocycles. The third-order valence-corrected chi connectivity index (χ3v) is 3.39. The molecule has 2 aromatic rings. The summed E-state index contributed by atoms with van der Waals surface area (Å²) in [5.41, 5.74) is 9.80. The van der Waals surface area contributed by atoms with Gasteiger partial charge in [-0.05, 0) is 36.4 Å². The molecule has 0 fully saturated rings. The Morgan fingerprint density at radius 3 is 1.57 bits per heavy atom. The van der Waals surface area contributed by atoms with Gasteiger partial charge in [-0.25, -0.2) is 0 Å². The molecule has 8 heteroatoms. The minimum absolute atomic E-state index is 0.373. The average molecular weight is 353 g/mol. The Morgan fingerprint density at radius 2 is 1.22 bits per heavy atom. The Hall–Kier alpha value is -2.12. The summed E-state index contributed by atoms with van der Waals surface area (Å²) in [5, 5.41) is 5.73. The maximum atomic E-state index is 12.2. The molecule has 0 spiro atoms.